The number of hydrogen-bond donors (Lipinski definition) is 0. The molecule has 0 bridgehead atoms. The van der Waals surface area contributed by atoms with Gasteiger partial charge in [-0.15, -0.1) is 0 Å². The van der Waals surface area contributed by atoms with Crippen molar-refractivity contribution >= 4 is 28.1 Å². The van der Waals surface area contributed by atoms with E-state index < -0.39 is 39.4 Å². The number of aliphatic imine (C=N–C) groups is 1. The maximum absolute atomic E-state index is 12.5. The second-order valence-electron chi connectivity index (χ2n) is 3.39. The summed E-state index contributed by atoms with van der Waals surface area (Å²) in [5.41, 5.74) is -3.48. The van der Waals surface area contributed by atoms with Gasteiger partial charge in [0.2, 0.25) is 5.17 Å². The third-order valence-electron chi connectivity index (χ3n) is 1.90. The molecule has 0 amide bonds. The molecule has 1 aromatic carbocycles. The maximum atomic E-state index is 12.5. The Balaban J connectivity index is 3.41. The number of nitro benzene ring substituents is 1. The SMILES string of the molecule is O=[N+]([O-])c1cc(N=C(Cl)C(F)(F)F)cc(C(F)(F)F)c1. The van der Waals surface area contributed by atoms with Gasteiger partial charge in [0.25, 0.3) is 5.69 Å². The predicted molar refractivity (Wildman–Crippen MR) is 57.1 cm³/mol. The van der Waals surface area contributed by atoms with Gasteiger partial charge in [-0.05, 0) is 6.07 Å². The van der Waals surface area contributed by atoms with E-state index in [1.54, 1.807) is 0 Å². The van der Waals surface area contributed by atoms with Crippen molar-refractivity contribution < 1.29 is 31.3 Å². The Morgan fingerprint density at radius 3 is 2.10 bits per heavy atom. The Bertz CT molecular complexity index is 567. The topological polar surface area (TPSA) is 55.5 Å². The lowest BCUT2D eigenvalue weighted by Gasteiger charge is -2.08. The highest BCUT2D eigenvalue weighted by Crippen LogP contribution is 2.35. The van der Waals surface area contributed by atoms with E-state index in [-0.39, 0.29) is 12.1 Å². The molecule has 0 N–H and O–H groups in total. The fourth-order valence-corrected chi connectivity index (χ4v) is 1.20. The van der Waals surface area contributed by atoms with Crippen molar-refractivity contribution in [2.45, 2.75) is 12.4 Å². The summed E-state index contributed by atoms with van der Waals surface area (Å²) in [6, 6.07) is 0.852. The Morgan fingerprint density at radius 1 is 1.15 bits per heavy atom. The molecule has 0 aliphatic carbocycles. The zero-order chi connectivity index (χ0) is 15.7. The number of non-ortho nitro benzene ring substituents is 1. The first-order chi connectivity index (χ1) is 8.91. The van der Waals surface area contributed by atoms with Crippen LogP contribution >= 0.6 is 11.6 Å². The Morgan fingerprint density at radius 2 is 1.70 bits per heavy atom. The van der Waals surface area contributed by atoms with Crippen molar-refractivity contribution in [1.29, 1.82) is 0 Å². The van der Waals surface area contributed by atoms with Crippen LogP contribution in [0.15, 0.2) is 23.2 Å². The van der Waals surface area contributed by atoms with Crippen molar-refractivity contribution in [2.24, 2.45) is 4.99 Å². The molecule has 4 nitrogen and oxygen atoms in total. The van der Waals surface area contributed by atoms with Crippen molar-refractivity contribution in [2.75, 3.05) is 0 Å². The number of halogens is 7. The van der Waals surface area contributed by atoms with Crippen LogP contribution in [0.4, 0.5) is 37.7 Å². The van der Waals surface area contributed by atoms with Gasteiger partial charge >= 0.3 is 12.4 Å². The molecule has 0 aromatic heterocycles. The fourth-order valence-electron chi connectivity index (χ4n) is 1.11. The minimum Gasteiger partial charge on any atom is -0.258 e. The predicted octanol–water partition coefficient (Wildman–Crippen LogP) is 4.44. The van der Waals surface area contributed by atoms with Gasteiger partial charge in [-0.25, -0.2) is 4.99 Å². The van der Waals surface area contributed by atoms with Crippen LogP contribution in [-0.4, -0.2) is 16.3 Å². The van der Waals surface area contributed by atoms with Gasteiger partial charge in [0.05, 0.1) is 16.2 Å². The lowest BCUT2D eigenvalue weighted by atomic mass is 10.1. The molecular formula is C9H3ClF6N2O2. The number of hydrogen-bond acceptors (Lipinski definition) is 3. The molecule has 0 saturated heterocycles. The lowest BCUT2D eigenvalue weighted by molar-refractivity contribution is -0.385. The molecule has 0 saturated carbocycles. The average Bonchev–Trinajstić information content (AvgIpc) is 2.25. The third-order valence-corrected chi connectivity index (χ3v) is 2.20. The van der Waals surface area contributed by atoms with Gasteiger partial charge in [-0.2, -0.15) is 26.3 Å². The van der Waals surface area contributed by atoms with E-state index in [0.717, 1.165) is 0 Å². The fraction of sp³-hybridized carbons (Fsp3) is 0.222. The molecule has 0 atom stereocenters. The molecule has 0 fully saturated rings. The van der Waals surface area contributed by atoms with E-state index in [2.05, 4.69) is 4.99 Å². The smallest absolute Gasteiger partial charge is 0.258 e. The summed E-state index contributed by atoms with van der Waals surface area (Å²) in [5, 5.41) is 8.51. The molecule has 11 heteroatoms. The summed E-state index contributed by atoms with van der Waals surface area (Å²) in [5.74, 6) is 0. The minimum absolute atomic E-state index is 0.181. The maximum Gasteiger partial charge on any atom is 0.444 e. The molecule has 0 aliphatic rings. The van der Waals surface area contributed by atoms with Crippen molar-refractivity contribution in [1.82, 2.24) is 0 Å². The van der Waals surface area contributed by atoms with Crippen LogP contribution in [0.2, 0.25) is 0 Å². The van der Waals surface area contributed by atoms with E-state index in [4.69, 9.17) is 11.6 Å². The first-order valence-electron chi connectivity index (χ1n) is 4.59. The zero-order valence-corrected chi connectivity index (χ0v) is 9.84. The van der Waals surface area contributed by atoms with Crippen molar-refractivity contribution in [3.8, 4) is 0 Å². The van der Waals surface area contributed by atoms with Crippen molar-refractivity contribution in [3.05, 3.63) is 33.9 Å². The Hall–Kier alpha value is -1.84. The summed E-state index contributed by atoms with van der Waals surface area (Å²) < 4.78 is 73.7. The summed E-state index contributed by atoms with van der Waals surface area (Å²) in [4.78, 5) is 12.0. The second kappa shape index (κ2) is 5.27. The molecule has 0 aliphatic heterocycles. The summed E-state index contributed by atoms with van der Waals surface area (Å²) >= 11 is 4.76. The molecule has 1 aromatic rings. The quantitative estimate of drug-likeness (QED) is 0.350. The second-order valence-corrected chi connectivity index (χ2v) is 3.75. The first-order valence-corrected chi connectivity index (χ1v) is 4.97. The minimum atomic E-state index is -5.06. The van der Waals surface area contributed by atoms with E-state index in [1.807, 2.05) is 0 Å². The third kappa shape index (κ3) is 4.08. The van der Waals surface area contributed by atoms with E-state index >= 15 is 0 Å². The highest BCUT2D eigenvalue weighted by atomic mass is 35.5. The largest absolute Gasteiger partial charge is 0.444 e. The summed E-state index contributed by atoms with van der Waals surface area (Å²) in [6.45, 7) is 0. The average molecular weight is 321 g/mol. The van der Waals surface area contributed by atoms with Crippen LogP contribution in [0.25, 0.3) is 0 Å². The molecule has 20 heavy (non-hydrogen) atoms. The first kappa shape index (κ1) is 16.2. The number of alkyl halides is 6. The number of nitro groups is 1. The van der Waals surface area contributed by atoms with Gasteiger partial charge in [-0.3, -0.25) is 10.1 Å². The van der Waals surface area contributed by atoms with Gasteiger partial charge in [0.1, 0.15) is 0 Å². The van der Waals surface area contributed by atoms with Crippen LogP contribution in [0.3, 0.4) is 0 Å². The normalized spacial score (nSPS) is 13.4. The molecule has 110 valence electrons. The van der Waals surface area contributed by atoms with Crippen LogP contribution in [-0.2, 0) is 6.18 Å². The Kier molecular flexibility index (Phi) is 4.27. The molecule has 0 unspecified atom stereocenters. The Labute approximate surface area is 111 Å². The van der Waals surface area contributed by atoms with Crippen molar-refractivity contribution in [3.63, 3.8) is 0 Å². The van der Waals surface area contributed by atoms with Gasteiger partial charge in [-0.1, -0.05) is 11.6 Å². The number of rotatable bonds is 2. The van der Waals surface area contributed by atoms with Gasteiger partial charge < -0.3 is 0 Å². The van der Waals surface area contributed by atoms with E-state index in [0.29, 0.717) is 6.07 Å². The van der Waals surface area contributed by atoms with Crippen LogP contribution < -0.4 is 0 Å². The van der Waals surface area contributed by atoms with Crippen LogP contribution in [0.1, 0.15) is 5.56 Å². The van der Waals surface area contributed by atoms with Crippen LogP contribution in [0.5, 0.6) is 0 Å². The zero-order valence-electron chi connectivity index (χ0n) is 9.09. The van der Waals surface area contributed by atoms with E-state index in [1.165, 1.54) is 0 Å². The lowest BCUT2D eigenvalue weighted by Crippen LogP contribution is -2.16. The van der Waals surface area contributed by atoms with Crippen LogP contribution in [0, 0.1) is 10.1 Å². The molecule has 0 radical (unpaired) electrons. The molecular weight excluding hydrogens is 318 g/mol. The number of benzene rings is 1. The van der Waals surface area contributed by atoms with Gasteiger partial charge in [0.15, 0.2) is 0 Å². The number of nitrogens with zero attached hydrogens (tertiary/aromatic N) is 2. The molecule has 1 rings (SSSR count). The molecule has 0 heterocycles. The summed E-state index contributed by atoms with van der Waals surface area (Å²) in [7, 11) is 0. The summed E-state index contributed by atoms with van der Waals surface area (Å²) in [6.07, 6.45) is -10.0. The molecule has 0 spiro atoms. The van der Waals surface area contributed by atoms with E-state index in [9.17, 15) is 36.5 Å². The highest BCUT2D eigenvalue weighted by Gasteiger charge is 2.36. The highest BCUT2D eigenvalue weighted by molar-refractivity contribution is 6.67. The van der Waals surface area contributed by atoms with Gasteiger partial charge in [0, 0.05) is 12.1 Å². The monoisotopic (exact) mass is 320 g/mol. The standard InChI is InChI=1S/C9H3ClF6N2O2/c10-7(9(14,15)16)17-5-1-4(8(11,12)13)2-6(3-5)18(19)20/h1-3H.